The summed E-state index contributed by atoms with van der Waals surface area (Å²) in [6.07, 6.45) is 1.81. The first kappa shape index (κ1) is 16.5. The Labute approximate surface area is 145 Å². The number of hydrogen-bond acceptors (Lipinski definition) is 3. The number of nitrogens with zero attached hydrogens (tertiary/aromatic N) is 3. The minimum absolute atomic E-state index is 0.253. The Kier molecular flexibility index (Phi) is 4.81. The van der Waals surface area contributed by atoms with E-state index in [0.29, 0.717) is 18.2 Å². The third kappa shape index (κ3) is 3.74. The standard InChI is InChI=1S/C18H18ClFN4/c1-12-3-8-17(21-9-12)22-10-16-13(2)23-24(18(16)19)11-14-4-6-15(20)7-5-14/h3-9H,10-11H2,1-2H3,(H,21,22). The Morgan fingerprint density at radius 1 is 1.12 bits per heavy atom. The van der Waals surface area contributed by atoms with Gasteiger partial charge in [0.25, 0.3) is 0 Å². The van der Waals surface area contributed by atoms with Crippen molar-refractivity contribution in [2.75, 3.05) is 5.32 Å². The van der Waals surface area contributed by atoms with E-state index < -0.39 is 0 Å². The SMILES string of the molecule is Cc1ccc(NCc2c(C)nn(Cc3ccc(F)cc3)c2Cl)nc1. The van der Waals surface area contributed by atoms with Crippen molar-refractivity contribution in [1.82, 2.24) is 14.8 Å². The first-order valence-corrected chi connectivity index (χ1v) is 8.03. The second kappa shape index (κ2) is 7.01. The molecule has 3 rings (SSSR count). The second-order valence-electron chi connectivity index (χ2n) is 5.71. The summed E-state index contributed by atoms with van der Waals surface area (Å²) in [4.78, 5) is 4.32. The molecule has 0 bridgehead atoms. The Bertz CT molecular complexity index is 825. The number of aryl methyl sites for hydroxylation is 2. The molecule has 2 heterocycles. The van der Waals surface area contributed by atoms with Crippen LogP contribution in [0.5, 0.6) is 0 Å². The number of benzene rings is 1. The molecular weight excluding hydrogens is 327 g/mol. The topological polar surface area (TPSA) is 42.7 Å². The minimum Gasteiger partial charge on any atom is -0.366 e. The zero-order valence-corrected chi connectivity index (χ0v) is 14.3. The maximum absolute atomic E-state index is 13.0. The van der Waals surface area contributed by atoms with Crippen molar-refractivity contribution in [2.24, 2.45) is 0 Å². The van der Waals surface area contributed by atoms with E-state index in [1.807, 2.05) is 32.2 Å². The van der Waals surface area contributed by atoms with Gasteiger partial charge >= 0.3 is 0 Å². The van der Waals surface area contributed by atoms with Crippen LogP contribution in [0, 0.1) is 19.7 Å². The Morgan fingerprint density at radius 2 is 1.88 bits per heavy atom. The number of anilines is 1. The van der Waals surface area contributed by atoms with Crippen LogP contribution in [0.4, 0.5) is 10.2 Å². The smallest absolute Gasteiger partial charge is 0.132 e. The number of pyridine rings is 1. The van der Waals surface area contributed by atoms with Crippen LogP contribution in [0.1, 0.15) is 22.4 Å². The lowest BCUT2D eigenvalue weighted by Gasteiger charge is -2.06. The molecule has 124 valence electrons. The van der Waals surface area contributed by atoms with E-state index in [4.69, 9.17) is 11.6 Å². The highest BCUT2D eigenvalue weighted by Crippen LogP contribution is 2.22. The third-order valence-electron chi connectivity index (χ3n) is 3.79. The predicted molar refractivity (Wildman–Crippen MR) is 93.8 cm³/mol. The summed E-state index contributed by atoms with van der Waals surface area (Å²) in [7, 11) is 0. The van der Waals surface area contributed by atoms with Crippen LogP contribution >= 0.6 is 11.6 Å². The molecule has 0 radical (unpaired) electrons. The van der Waals surface area contributed by atoms with Crippen molar-refractivity contribution in [3.8, 4) is 0 Å². The van der Waals surface area contributed by atoms with Crippen molar-refractivity contribution >= 4 is 17.4 Å². The predicted octanol–water partition coefficient (Wildman–Crippen LogP) is 4.35. The third-order valence-corrected chi connectivity index (χ3v) is 4.21. The first-order valence-electron chi connectivity index (χ1n) is 7.65. The van der Waals surface area contributed by atoms with Crippen LogP contribution in [-0.2, 0) is 13.1 Å². The number of aromatic nitrogens is 3. The van der Waals surface area contributed by atoms with Crippen LogP contribution in [0.3, 0.4) is 0 Å². The second-order valence-corrected chi connectivity index (χ2v) is 6.07. The fourth-order valence-corrected chi connectivity index (χ4v) is 2.71. The average molecular weight is 345 g/mol. The number of hydrogen-bond donors (Lipinski definition) is 1. The summed E-state index contributed by atoms with van der Waals surface area (Å²) in [5.41, 5.74) is 3.85. The fraction of sp³-hybridized carbons (Fsp3) is 0.222. The maximum atomic E-state index is 13.0. The van der Waals surface area contributed by atoms with Crippen LogP contribution in [0.25, 0.3) is 0 Å². The Morgan fingerprint density at radius 3 is 2.54 bits per heavy atom. The zero-order chi connectivity index (χ0) is 17.1. The molecule has 0 aliphatic heterocycles. The molecule has 1 aromatic carbocycles. The van der Waals surface area contributed by atoms with Crippen LogP contribution < -0.4 is 5.32 Å². The van der Waals surface area contributed by atoms with Gasteiger partial charge in [-0.25, -0.2) is 14.1 Å². The van der Waals surface area contributed by atoms with E-state index in [1.54, 1.807) is 16.8 Å². The van der Waals surface area contributed by atoms with Gasteiger partial charge in [-0.3, -0.25) is 0 Å². The van der Waals surface area contributed by atoms with Gasteiger partial charge in [0, 0.05) is 18.3 Å². The molecule has 24 heavy (non-hydrogen) atoms. The maximum Gasteiger partial charge on any atom is 0.132 e. The van der Waals surface area contributed by atoms with Gasteiger partial charge in [-0.2, -0.15) is 5.10 Å². The summed E-state index contributed by atoms with van der Waals surface area (Å²) in [6, 6.07) is 10.3. The van der Waals surface area contributed by atoms with Crippen molar-refractivity contribution < 1.29 is 4.39 Å². The summed E-state index contributed by atoms with van der Waals surface area (Å²) in [5.74, 6) is 0.541. The van der Waals surface area contributed by atoms with Crippen molar-refractivity contribution in [2.45, 2.75) is 26.9 Å². The number of rotatable bonds is 5. The van der Waals surface area contributed by atoms with Crippen molar-refractivity contribution in [1.29, 1.82) is 0 Å². The lowest BCUT2D eigenvalue weighted by atomic mass is 10.2. The molecule has 0 aliphatic carbocycles. The van der Waals surface area contributed by atoms with Gasteiger partial charge < -0.3 is 5.32 Å². The number of nitrogens with one attached hydrogen (secondary N) is 1. The van der Waals surface area contributed by atoms with E-state index >= 15 is 0 Å². The highest BCUT2D eigenvalue weighted by Gasteiger charge is 2.13. The molecule has 0 saturated carbocycles. The van der Waals surface area contributed by atoms with E-state index in [-0.39, 0.29) is 5.82 Å². The average Bonchev–Trinajstić information content (AvgIpc) is 2.83. The zero-order valence-electron chi connectivity index (χ0n) is 13.6. The molecule has 0 amide bonds. The lowest BCUT2D eigenvalue weighted by Crippen LogP contribution is -2.04. The molecule has 1 N–H and O–H groups in total. The summed E-state index contributed by atoms with van der Waals surface area (Å²) in [6.45, 7) is 4.97. The van der Waals surface area contributed by atoms with Crippen LogP contribution in [0.2, 0.25) is 5.15 Å². The van der Waals surface area contributed by atoms with Gasteiger partial charge in [0.05, 0.1) is 12.2 Å². The van der Waals surface area contributed by atoms with E-state index in [0.717, 1.165) is 28.2 Å². The van der Waals surface area contributed by atoms with E-state index in [1.165, 1.54) is 12.1 Å². The van der Waals surface area contributed by atoms with E-state index in [9.17, 15) is 4.39 Å². The van der Waals surface area contributed by atoms with Crippen LogP contribution in [0.15, 0.2) is 42.6 Å². The highest BCUT2D eigenvalue weighted by atomic mass is 35.5. The molecule has 0 saturated heterocycles. The normalized spacial score (nSPS) is 10.8. The summed E-state index contributed by atoms with van der Waals surface area (Å²) in [5, 5.41) is 8.32. The Balaban J connectivity index is 1.73. The van der Waals surface area contributed by atoms with Crippen molar-refractivity contribution in [3.63, 3.8) is 0 Å². The summed E-state index contributed by atoms with van der Waals surface area (Å²) >= 11 is 6.47. The lowest BCUT2D eigenvalue weighted by molar-refractivity contribution is 0.624. The largest absolute Gasteiger partial charge is 0.366 e. The van der Waals surface area contributed by atoms with Gasteiger partial charge in [-0.15, -0.1) is 0 Å². The molecule has 0 unspecified atom stereocenters. The monoisotopic (exact) mass is 344 g/mol. The molecule has 6 heteroatoms. The van der Waals surface area contributed by atoms with Gasteiger partial charge in [0.1, 0.15) is 16.8 Å². The fourth-order valence-electron chi connectivity index (χ4n) is 2.41. The van der Waals surface area contributed by atoms with Gasteiger partial charge in [0.2, 0.25) is 0 Å². The molecular formula is C18H18ClFN4. The molecule has 0 aliphatic rings. The van der Waals surface area contributed by atoms with E-state index in [2.05, 4.69) is 15.4 Å². The highest BCUT2D eigenvalue weighted by molar-refractivity contribution is 6.30. The number of halogens is 2. The molecule has 2 aromatic heterocycles. The Hall–Kier alpha value is -2.40. The van der Waals surface area contributed by atoms with Gasteiger partial charge in [-0.05, 0) is 43.2 Å². The summed E-state index contributed by atoms with van der Waals surface area (Å²) < 4.78 is 14.7. The van der Waals surface area contributed by atoms with Gasteiger partial charge in [0.15, 0.2) is 0 Å². The quantitative estimate of drug-likeness (QED) is 0.748. The molecule has 4 nitrogen and oxygen atoms in total. The molecule has 0 fully saturated rings. The molecule has 3 aromatic rings. The van der Waals surface area contributed by atoms with Gasteiger partial charge in [-0.1, -0.05) is 29.8 Å². The molecule has 0 atom stereocenters. The van der Waals surface area contributed by atoms with Crippen molar-refractivity contribution in [3.05, 3.63) is 75.9 Å². The minimum atomic E-state index is -0.253. The van der Waals surface area contributed by atoms with Crippen LogP contribution in [-0.4, -0.2) is 14.8 Å². The first-order chi connectivity index (χ1) is 11.5. The molecule has 0 spiro atoms.